The minimum absolute atomic E-state index is 0.160. The number of phenolic OH excluding ortho intramolecular Hbond substituents is 1. The molecular formula is C14H14N2O2. The summed E-state index contributed by atoms with van der Waals surface area (Å²) in [4.78, 5) is 11.9. The second-order valence-electron chi connectivity index (χ2n) is 4.07. The van der Waals surface area contributed by atoms with E-state index in [1.807, 2.05) is 6.92 Å². The monoisotopic (exact) mass is 242 g/mol. The smallest absolute Gasteiger partial charge is 0.255 e. The number of anilines is 2. The van der Waals surface area contributed by atoms with E-state index in [9.17, 15) is 4.79 Å². The van der Waals surface area contributed by atoms with Gasteiger partial charge in [-0.2, -0.15) is 0 Å². The normalized spacial score (nSPS) is 10.1. The van der Waals surface area contributed by atoms with Crippen molar-refractivity contribution in [2.45, 2.75) is 6.92 Å². The van der Waals surface area contributed by atoms with E-state index in [2.05, 4.69) is 5.32 Å². The Kier molecular flexibility index (Phi) is 3.19. The largest absolute Gasteiger partial charge is 0.508 e. The van der Waals surface area contributed by atoms with Gasteiger partial charge < -0.3 is 16.2 Å². The summed E-state index contributed by atoms with van der Waals surface area (Å²) >= 11 is 0. The van der Waals surface area contributed by atoms with E-state index in [0.29, 0.717) is 16.9 Å². The lowest BCUT2D eigenvalue weighted by Gasteiger charge is -2.07. The van der Waals surface area contributed by atoms with Gasteiger partial charge in [0, 0.05) is 16.9 Å². The van der Waals surface area contributed by atoms with E-state index in [-0.39, 0.29) is 11.7 Å². The number of benzene rings is 2. The lowest BCUT2D eigenvalue weighted by atomic mass is 10.1. The predicted octanol–water partition coefficient (Wildman–Crippen LogP) is 2.54. The van der Waals surface area contributed by atoms with Crippen molar-refractivity contribution < 1.29 is 9.90 Å². The first kappa shape index (κ1) is 12.0. The van der Waals surface area contributed by atoms with Crippen LogP contribution in [0.3, 0.4) is 0 Å². The second-order valence-corrected chi connectivity index (χ2v) is 4.07. The zero-order chi connectivity index (χ0) is 13.1. The number of aryl methyl sites for hydroxylation is 1. The third kappa shape index (κ3) is 2.60. The summed E-state index contributed by atoms with van der Waals surface area (Å²) in [6.45, 7) is 1.89. The standard InChI is InChI=1S/C14H14N2O2/c1-9-2-3-10(8-13(9)15)14(18)16-11-4-6-12(17)7-5-11/h2-8,17H,15H2,1H3,(H,16,18). The Labute approximate surface area is 105 Å². The Morgan fingerprint density at radius 1 is 1.17 bits per heavy atom. The molecule has 0 aromatic heterocycles. The summed E-state index contributed by atoms with van der Waals surface area (Å²) < 4.78 is 0. The molecule has 0 spiro atoms. The third-order valence-electron chi connectivity index (χ3n) is 2.67. The number of carbonyl (C=O) groups is 1. The van der Waals surface area contributed by atoms with Crippen LogP contribution in [0.2, 0.25) is 0 Å². The summed E-state index contributed by atoms with van der Waals surface area (Å²) in [6.07, 6.45) is 0. The van der Waals surface area contributed by atoms with E-state index in [1.165, 1.54) is 12.1 Å². The van der Waals surface area contributed by atoms with Crippen molar-refractivity contribution in [3.63, 3.8) is 0 Å². The highest BCUT2D eigenvalue weighted by atomic mass is 16.3. The zero-order valence-electron chi connectivity index (χ0n) is 9.97. The Morgan fingerprint density at radius 3 is 2.44 bits per heavy atom. The number of nitrogen functional groups attached to an aromatic ring is 1. The van der Waals surface area contributed by atoms with Gasteiger partial charge in [-0.25, -0.2) is 0 Å². The van der Waals surface area contributed by atoms with Crippen molar-refractivity contribution in [1.29, 1.82) is 0 Å². The van der Waals surface area contributed by atoms with Crippen LogP contribution in [-0.4, -0.2) is 11.0 Å². The summed E-state index contributed by atoms with van der Waals surface area (Å²) in [5.74, 6) is -0.0695. The first-order chi connectivity index (χ1) is 8.56. The number of amides is 1. The van der Waals surface area contributed by atoms with Gasteiger partial charge in [-0.3, -0.25) is 4.79 Å². The van der Waals surface area contributed by atoms with Crippen LogP contribution in [0.4, 0.5) is 11.4 Å². The van der Waals surface area contributed by atoms with Gasteiger partial charge in [-0.05, 0) is 48.9 Å². The Morgan fingerprint density at radius 2 is 1.83 bits per heavy atom. The molecule has 0 heterocycles. The van der Waals surface area contributed by atoms with E-state index in [0.717, 1.165) is 5.56 Å². The number of aromatic hydroxyl groups is 1. The van der Waals surface area contributed by atoms with Gasteiger partial charge in [0.1, 0.15) is 5.75 Å². The molecule has 0 atom stereocenters. The molecule has 0 aliphatic rings. The average molecular weight is 242 g/mol. The van der Waals surface area contributed by atoms with Gasteiger partial charge in [0.2, 0.25) is 0 Å². The molecule has 18 heavy (non-hydrogen) atoms. The molecular weight excluding hydrogens is 228 g/mol. The van der Waals surface area contributed by atoms with Crippen molar-refractivity contribution in [3.05, 3.63) is 53.6 Å². The Bertz CT molecular complexity index is 577. The van der Waals surface area contributed by atoms with Gasteiger partial charge in [0.15, 0.2) is 0 Å². The van der Waals surface area contributed by atoms with E-state index >= 15 is 0 Å². The lowest BCUT2D eigenvalue weighted by molar-refractivity contribution is 0.102. The molecule has 2 aromatic rings. The average Bonchev–Trinajstić information content (AvgIpc) is 2.35. The van der Waals surface area contributed by atoms with E-state index < -0.39 is 0 Å². The molecule has 0 aliphatic heterocycles. The minimum atomic E-state index is -0.229. The zero-order valence-corrected chi connectivity index (χ0v) is 9.97. The van der Waals surface area contributed by atoms with Gasteiger partial charge in [0.05, 0.1) is 0 Å². The molecule has 4 heteroatoms. The van der Waals surface area contributed by atoms with Crippen molar-refractivity contribution in [3.8, 4) is 5.75 Å². The Hall–Kier alpha value is -2.49. The number of phenols is 1. The van der Waals surface area contributed by atoms with Crippen LogP contribution < -0.4 is 11.1 Å². The van der Waals surface area contributed by atoms with Crippen LogP contribution in [0, 0.1) is 6.92 Å². The van der Waals surface area contributed by atoms with Gasteiger partial charge >= 0.3 is 0 Å². The first-order valence-electron chi connectivity index (χ1n) is 5.53. The predicted molar refractivity (Wildman–Crippen MR) is 71.7 cm³/mol. The van der Waals surface area contributed by atoms with Crippen molar-refractivity contribution in [1.82, 2.24) is 0 Å². The lowest BCUT2D eigenvalue weighted by Crippen LogP contribution is -2.12. The van der Waals surface area contributed by atoms with Crippen LogP contribution in [-0.2, 0) is 0 Å². The quantitative estimate of drug-likeness (QED) is 0.559. The number of rotatable bonds is 2. The third-order valence-corrected chi connectivity index (χ3v) is 2.67. The number of nitrogens with two attached hydrogens (primary N) is 1. The van der Waals surface area contributed by atoms with Gasteiger partial charge in [0.25, 0.3) is 5.91 Å². The van der Waals surface area contributed by atoms with E-state index in [1.54, 1.807) is 30.3 Å². The SMILES string of the molecule is Cc1ccc(C(=O)Nc2ccc(O)cc2)cc1N. The van der Waals surface area contributed by atoms with Crippen LogP contribution in [0.15, 0.2) is 42.5 Å². The molecule has 4 N–H and O–H groups in total. The summed E-state index contributed by atoms with van der Waals surface area (Å²) in [7, 11) is 0. The van der Waals surface area contributed by atoms with Gasteiger partial charge in [-0.15, -0.1) is 0 Å². The number of carbonyl (C=O) groups excluding carboxylic acids is 1. The molecule has 0 fully saturated rings. The highest BCUT2D eigenvalue weighted by molar-refractivity contribution is 6.04. The van der Waals surface area contributed by atoms with Crippen LogP contribution in [0.1, 0.15) is 15.9 Å². The molecule has 0 saturated carbocycles. The Balaban J connectivity index is 2.16. The maximum Gasteiger partial charge on any atom is 0.255 e. The molecule has 0 saturated heterocycles. The van der Waals surface area contributed by atoms with E-state index in [4.69, 9.17) is 10.8 Å². The molecule has 0 radical (unpaired) electrons. The molecule has 0 aliphatic carbocycles. The van der Waals surface area contributed by atoms with Crippen molar-refractivity contribution >= 4 is 17.3 Å². The second kappa shape index (κ2) is 4.79. The van der Waals surface area contributed by atoms with Crippen LogP contribution >= 0.6 is 0 Å². The van der Waals surface area contributed by atoms with Crippen LogP contribution in [0.5, 0.6) is 5.75 Å². The maximum absolute atomic E-state index is 11.9. The van der Waals surface area contributed by atoms with Crippen LogP contribution in [0.25, 0.3) is 0 Å². The summed E-state index contributed by atoms with van der Waals surface area (Å²) in [5, 5.41) is 11.9. The topological polar surface area (TPSA) is 75.3 Å². The van der Waals surface area contributed by atoms with Gasteiger partial charge in [-0.1, -0.05) is 6.07 Å². The fourth-order valence-electron chi connectivity index (χ4n) is 1.53. The molecule has 2 aromatic carbocycles. The van der Waals surface area contributed by atoms with Crippen molar-refractivity contribution in [2.24, 2.45) is 0 Å². The maximum atomic E-state index is 11.9. The fourth-order valence-corrected chi connectivity index (χ4v) is 1.53. The van der Waals surface area contributed by atoms with Crippen molar-refractivity contribution in [2.75, 3.05) is 11.1 Å². The molecule has 0 unspecified atom stereocenters. The molecule has 0 bridgehead atoms. The highest BCUT2D eigenvalue weighted by Gasteiger charge is 2.07. The number of hydrogen-bond acceptors (Lipinski definition) is 3. The summed E-state index contributed by atoms with van der Waals surface area (Å²) in [6, 6.07) is 11.5. The molecule has 4 nitrogen and oxygen atoms in total. The number of nitrogens with one attached hydrogen (secondary N) is 1. The number of hydrogen-bond donors (Lipinski definition) is 3. The summed E-state index contributed by atoms with van der Waals surface area (Å²) in [5.41, 5.74) is 8.42. The molecule has 92 valence electrons. The first-order valence-corrected chi connectivity index (χ1v) is 5.53. The highest BCUT2D eigenvalue weighted by Crippen LogP contribution is 2.17. The minimum Gasteiger partial charge on any atom is -0.508 e. The molecule has 2 rings (SSSR count). The fraction of sp³-hybridized carbons (Fsp3) is 0.0714. The molecule has 1 amide bonds.